The third-order valence-electron chi connectivity index (χ3n) is 4.85. The highest BCUT2D eigenvalue weighted by molar-refractivity contribution is 7.15. The molecule has 0 spiro atoms. The van der Waals surface area contributed by atoms with Gasteiger partial charge in [0.15, 0.2) is 0 Å². The summed E-state index contributed by atoms with van der Waals surface area (Å²) in [5.74, 6) is -0.192. The lowest BCUT2D eigenvalue weighted by Gasteiger charge is -2.38. The smallest absolute Gasteiger partial charge is 0.343 e. The molecule has 1 aromatic heterocycles. The molecule has 0 radical (unpaired) electrons. The van der Waals surface area contributed by atoms with Gasteiger partial charge in [-0.05, 0) is 18.9 Å². The topological polar surface area (TPSA) is 69.6 Å². The highest BCUT2D eigenvalue weighted by atomic mass is 32.1. The molecular weight excluding hydrogens is 383 g/mol. The van der Waals surface area contributed by atoms with Crippen molar-refractivity contribution in [2.45, 2.75) is 19.0 Å². The third-order valence-corrected chi connectivity index (χ3v) is 5.88. The summed E-state index contributed by atoms with van der Waals surface area (Å²) in [6, 6.07) is 0. The minimum absolute atomic E-state index is 0.0496. The van der Waals surface area contributed by atoms with Gasteiger partial charge in [-0.25, -0.2) is 0 Å². The summed E-state index contributed by atoms with van der Waals surface area (Å²) < 4.78 is 37.9. The highest BCUT2D eigenvalue weighted by Crippen LogP contribution is 2.34. The number of piperazine rings is 1. The van der Waals surface area contributed by atoms with E-state index in [1.807, 2.05) is 0 Å². The number of likely N-dealkylation sites (tertiary alicyclic amines) is 1. The van der Waals surface area contributed by atoms with Crippen molar-refractivity contribution in [3.8, 4) is 0 Å². The number of carbonyl (C=O) groups is 2. The van der Waals surface area contributed by atoms with Gasteiger partial charge in [0.05, 0.1) is 0 Å². The van der Waals surface area contributed by atoms with Gasteiger partial charge in [-0.15, -0.1) is 10.2 Å². The maximum absolute atomic E-state index is 12.7. The summed E-state index contributed by atoms with van der Waals surface area (Å²) in [6.45, 7) is 6.25. The zero-order chi connectivity index (χ0) is 19.6. The number of anilines is 1. The largest absolute Gasteiger partial charge is 0.445 e. The van der Waals surface area contributed by atoms with Crippen LogP contribution in [-0.2, 0) is 15.8 Å². The molecular formula is C16H20F3N5O2S. The number of halogens is 3. The van der Waals surface area contributed by atoms with Crippen LogP contribution in [0.2, 0.25) is 0 Å². The number of piperidine rings is 1. The predicted molar refractivity (Wildman–Crippen MR) is 93.2 cm³/mol. The van der Waals surface area contributed by atoms with E-state index < -0.39 is 11.2 Å². The summed E-state index contributed by atoms with van der Waals surface area (Å²) in [6.07, 6.45) is -1.98. The monoisotopic (exact) mass is 403 g/mol. The van der Waals surface area contributed by atoms with E-state index >= 15 is 0 Å². The minimum Gasteiger partial charge on any atom is -0.343 e. The SMILES string of the molecule is C=CC(=O)N1CCC(C(=O)N2CCN(c3nnc(C(F)(F)F)s3)CC2)CC1. The van der Waals surface area contributed by atoms with E-state index in [-0.39, 0.29) is 22.9 Å². The fourth-order valence-electron chi connectivity index (χ4n) is 3.31. The van der Waals surface area contributed by atoms with E-state index in [1.54, 1.807) is 14.7 Å². The van der Waals surface area contributed by atoms with Crippen molar-refractivity contribution in [3.05, 3.63) is 17.7 Å². The number of carbonyl (C=O) groups excluding carboxylic acids is 2. The lowest BCUT2D eigenvalue weighted by molar-refractivity contribution is -0.139. The third kappa shape index (κ3) is 4.40. The number of hydrogen-bond donors (Lipinski definition) is 0. The van der Waals surface area contributed by atoms with Gasteiger partial charge in [0, 0.05) is 45.2 Å². The van der Waals surface area contributed by atoms with Crippen LogP contribution in [0, 0.1) is 5.92 Å². The molecule has 0 saturated carbocycles. The van der Waals surface area contributed by atoms with Crippen LogP contribution < -0.4 is 4.90 Å². The fourth-order valence-corrected chi connectivity index (χ4v) is 4.07. The van der Waals surface area contributed by atoms with E-state index in [9.17, 15) is 22.8 Å². The van der Waals surface area contributed by atoms with E-state index in [0.29, 0.717) is 63.4 Å². The van der Waals surface area contributed by atoms with Gasteiger partial charge in [-0.1, -0.05) is 17.9 Å². The Morgan fingerprint density at radius 3 is 2.19 bits per heavy atom. The number of amides is 2. The Kier molecular flexibility index (Phi) is 5.68. The van der Waals surface area contributed by atoms with Crippen molar-refractivity contribution in [2.24, 2.45) is 5.92 Å². The number of hydrogen-bond acceptors (Lipinski definition) is 6. The Morgan fingerprint density at radius 2 is 1.67 bits per heavy atom. The molecule has 0 N–H and O–H groups in total. The molecule has 0 unspecified atom stereocenters. The van der Waals surface area contributed by atoms with E-state index in [2.05, 4.69) is 16.8 Å². The summed E-state index contributed by atoms with van der Waals surface area (Å²) in [5, 5.41) is 6.09. The van der Waals surface area contributed by atoms with Crippen molar-refractivity contribution in [3.63, 3.8) is 0 Å². The molecule has 0 bridgehead atoms. The number of alkyl halides is 3. The Bertz CT molecular complexity index is 707. The number of nitrogens with zero attached hydrogens (tertiary/aromatic N) is 5. The van der Waals surface area contributed by atoms with Crippen LogP contribution in [0.5, 0.6) is 0 Å². The van der Waals surface area contributed by atoms with E-state index in [0.717, 1.165) is 0 Å². The van der Waals surface area contributed by atoms with Crippen LogP contribution in [0.1, 0.15) is 17.8 Å². The van der Waals surface area contributed by atoms with Gasteiger partial charge in [0.1, 0.15) is 0 Å². The zero-order valence-corrected chi connectivity index (χ0v) is 15.4. The first kappa shape index (κ1) is 19.6. The Labute approximate surface area is 158 Å². The predicted octanol–water partition coefficient (Wildman–Crippen LogP) is 1.63. The second-order valence-electron chi connectivity index (χ2n) is 6.50. The van der Waals surface area contributed by atoms with Crippen LogP contribution in [0.4, 0.5) is 18.3 Å². The van der Waals surface area contributed by atoms with Crippen molar-refractivity contribution >= 4 is 28.3 Å². The first-order chi connectivity index (χ1) is 12.8. The fraction of sp³-hybridized carbons (Fsp3) is 0.625. The van der Waals surface area contributed by atoms with Crippen molar-refractivity contribution in [2.75, 3.05) is 44.2 Å². The maximum Gasteiger partial charge on any atom is 0.445 e. The van der Waals surface area contributed by atoms with Gasteiger partial charge in [0.2, 0.25) is 22.0 Å². The molecule has 0 aliphatic carbocycles. The first-order valence-electron chi connectivity index (χ1n) is 8.65. The molecule has 0 aromatic carbocycles. The van der Waals surface area contributed by atoms with Crippen molar-refractivity contribution in [1.29, 1.82) is 0 Å². The number of aromatic nitrogens is 2. The Hall–Kier alpha value is -2.17. The van der Waals surface area contributed by atoms with Crippen LogP contribution >= 0.6 is 11.3 Å². The van der Waals surface area contributed by atoms with E-state index in [4.69, 9.17) is 0 Å². The van der Waals surface area contributed by atoms with Crippen molar-refractivity contribution in [1.82, 2.24) is 20.0 Å². The van der Waals surface area contributed by atoms with Crippen LogP contribution in [0.3, 0.4) is 0 Å². The summed E-state index contributed by atoms with van der Waals surface area (Å²) >= 11 is 0.519. The molecule has 2 amide bonds. The van der Waals surface area contributed by atoms with Gasteiger partial charge in [-0.3, -0.25) is 9.59 Å². The first-order valence-corrected chi connectivity index (χ1v) is 9.47. The second-order valence-corrected chi connectivity index (χ2v) is 7.46. The molecule has 2 saturated heterocycles. The lowest BCUT2D eigenvalue weighted by Crippen LogP contribution is -2.52. The molecule has 3 rings (SSSR count). The molecule has 7 nitrogen and oxygen atoms in total. The van der Waals surface area contributed by atoms with Crippen molar-refractivity contribution < 1.29 is 22.8 Å². The lowest BCUT2D eigenvalue weighted by atomic mass is 9.95. The van der Waals surface area contributed by atoms with E-state index in [1.165, 1.54) is 6.08 Å². The van der Waals surface area contributed by atoms with Gasteiger partial charge >= 0.3 is 6.18 Å². The second kappa shape index (κ2) is 7.83. The van der Waals surface area contributed by atoms with Crippen LogP contribution in [0.25, 0.3) is 0 Å². The number of rotatable bonds is 3. The Morgan fingerprint density at radius 1 is 1.04 bits per heavy atom. The average molecular weight is 403 g/mol. The summed E-state index contributed by atoms with van der Waals surface area (Å²) in [5.41, 5.74) is 0. The molecule has 27 heavy (non-hydrogen) atoms. The highest BCUT2D eigenvalue weighted by Gasteiger charge is 2.37. The molecule has 0 atom stereocenters. The van der Waals surface area contributed by atoms with Crippen LogP contribution in [0.15, 0.2) is 12.7 Å². The summed E-state index contributed by atoms with van der Waals surface area (Å²) in [4.78, 5) is 29.4. The molecule has 148 valence electrons. The minimum atomic E-state index is -4.49. The quantitative estimate of drug-likeness (QED) is 0.718. The maximum atomic E-state index is 12.7. The standard InChI is InChI=1S/C16H20F3N5O2S/c1-2-12(25)22-5-3-11(4-6-22)13(26)23-7-9-24(10-8-23)15-21-20-14(27-15)16(17,18)19/h2,11H,1,3-10H2. The molecule has 2 aliphatic heterocycles. The van der Waals surface area contributed by atoms with Gasteiger partial charge in [-0.2, -0.15) is 13.2 Å². The van der Waals surface area contributed by atoms with Crippen LogP contribution in [-0.4, -0.2) is 71.1 Å². The average Bonchev–Trinajstić information content (AvgIpc) is 3.18. The van der Waals surface area contributed by atoms with Gasteiger partial charge in [0.25, 0.3) is 0 Å². The normalized spacial score (nSPS) is 19.3. The summed E-state index contributed by atoms with van der Waals surface area (Å²) in [7, 11) is 0. The molecule has 2 aliphatic rings. The molecule has 2 fully saturated rings. The van der Waals surface area contributed by atoms with Gasteiger partial charge < -0.3 is 14.7 Å². The Balaban J connectivity index is 1.50. The zero-order valence-electron chi connectivity index (χ0n) is 14.6. The molecule has 1 aromatic rings. The molecule has 3 heterocycles. The molecule has 11 heteroatoms.